The number of benzene rings is 1. The molecule has 1 aliphatic rings. The molecule has 1 N–H and O–H groups in total. The molecule has 0 bridgehead atoms. The van der Waals surface area contributed by atoms with Crippen molar-refractivity contribution in [3.8, 4) is 0 Å². The van der Waals surface area contributed by atoms with Gasteiger partial charge in [0.2, 0.25) is 0 Å². The number of aliphatic hydroxyl groups is 1. The number of aliphatic hydroxyl groups excluding tert-OH is 1. The van der Waals surface area contributed by atoms with Crippen LogP contribution in [0.25, 0.3) is 0 Å². The fourth-order valence-electron chi connectivity index (χ4n) is 1.85. The molecule has 1 atom stereocenters. The Morgan fingerprint density at radius 1 is 1.37 bits per heavy atom. The summed E-state index contributed by atoms with van der Waals surface area (Å²) in [5.74, 6) is 0. The first-order valence-electron chi connectivity index (χ1n) is 6.76. The Hall–Kier alpha value is -0.683. The number of hydrogen-bond acceptors (Lipinski definition) is 3. The highest BCUT2D eigenvalue weighted by Gasteiger charge is 2.37. The van der Waals surface area contributed by atoms with Gasteiger partial charge in [-0.15, -0.1) is 0 Å². The zero-order valence-corrected chi connectivity index (χ0v) is 13.5. The lowest BCUT2D eigenvalue weighted by atomic mass is 10.1. The molecule has 0 fully saturated rings. The minimum Gasteiger partial charge on any atom is -0.413 e. The van der Waals surface area contributed by atoms with Crippen LogP contribution in [0.1, 0.15) is 43.8 Å². The third-order valence-electron chi connectivity index (χ3n) is 4.28. The van der Waals surface area contributed by atoms with Gasteiger partial charge in [-0.05, 0) is 29.3 Å². The van der Waals surface area contributed by atoms with Crippen molar-refractivity contribution in [3.05, 3.63) is 34.9 Å². The summed E-state index contributed by atoms with van der Waals surface area (Å²) in [5.41, 5.74) is 3.11. The van der Waals surface area contributed by atoms with E-state index in [-0.39, 0.29) is 5.04 Å². The first kappa shape index (κ1) is 14.7. The van der Waals surface area contributed by atoms with Crippen molar-refractivity contribution in [2.24, 2.45) is 0 Å². The third kappa shape index (κ3) is 3.08. The molecule has 1 unspecified atom stereocenters. The normalized spacial score (nSPS) is 19.6. The van der Waals surface area contributed by atoms with Gasteiger partial charge in [0.15, 0.2) is 14.6 Å². The van der Waals surface area contributed by atoms with Gasteiger partial charge in [0.1, 0.15) is 0 Å². The van der Waals surface area contributed by atoms with E-state index >= 15 is 0 Å². The second-order valence-electron chi connectivity index (χ2n) is 6.75. The quantitative estimate of drug-likeness (QED) is 0.857. The minimum absolute atomic E-state index is 0.225. The first-order chi connectivity index (χ1) is 8.71. The summed E-state index contributed by atoms with van der Waals surface area (Å²) in [7, 11) is -1.71. The molecule has 106 valence electrons. The molecule has 0 saturated heterocycles. The van der Waals surface area contributed by atoms with Crippen molar-refractivity contribution in [2.45, 2.75) is 58.4 Å². The Bertz CT molecular complexity index is 463. The summed E-state index contributed by atoms with van der Waals surface area (Å²) in [6, 6.07) is 6.04. The topological polar surface area (TPSA) is 38.7 Å². The highest BCUT2D eigenvalue weighted by atomic mass is 28.4. The molecule has 3 nitrogen and oxygen atoms in total. The molecule has 4 heteroatoms. The van der Waals surface area contributed by atoms with Crippen molar-refractivity contribution >= 4 is 8.32 Å². The largest absolute Gasteiger partial charge is 0.413 e. The van der Waals surface area contributed by atoms with Crippen molar-refractivity contribution in [3.63, 3.8) is 0 Å². The Labute approximate surface area is 116 Å². The summed E-state index contributed by atoms with van der Waals surface area (Å²) in [6.45, 7) is 12.4. The van der Waals surface area contributed by atoms with Gasteiger partial charge in [0.05, 0.1) is 13.2 Å². The van der Waals surface area contributed by atoms with Gasteiger partial charge >= 0.3 is 0 Å². The van der Waals surface area contributed by atoms with E-state index in [1.54, 1.807) is 0 Å². The smallest absolute Gasteiger partial charge is 0.192 e. The van der Waals surface area contributed by atoms with Crippen LogP contribution in [0.5, 0.6) is 0 Å². The average Bonchev–Trinajstić information content (AvgIpc) is 2.67. The second kappa shape index (κ2) is 5.02. The molecule has 19 heavy (non-hydrogen) atoms. The molecule has 2 rings (SSSR count). The molecule has 1 aromatic rings. The van der Waals surface area contributed by atoms with Gasteiger partial charge in [-0.1, -0.05) is 39.0 Å². The van der Waals surface area contributed by atoms with Crippen molar-refractivity contribution in [1.82, 2.24) is 0 Å². The molecule has 1 heterocycles. The van der Waals surface area contributed by atoms with Gasteiger partial charge in [-0.25, -0.2) is 0 Å². The zero-order chi connectivity index (χ0) is 14.3. The predicted molar refractivity (Wildman–Crippen MR) is 78.2 cm³/mol. The van der Waals surface area contributed by atoms with E-state index in [4.69, 9.17) is 9.16 Å². The lowest BCUT2D eigenvalue weighted by Gasteiger charge is -2.36. The van der Waals surface area contributed by atoms with Crippen molar-refractivity contribution in [2.75, 3.05) is 0 Å². The van der Waals surface area contributed by atoms with E-state index in [1.807, 2.05) is 12.1 Å². The van der Waals surface area contributed by atoms with E-state index in [0.717, 1.165) is 16.7 Å². The molecule has 0 amide bonds. The van der Waals surface area contributed by atoms with E-state index in [0.29, 0.717) is 13.2 Å². The van der Waals surface area contributed by atoms with Crippen molar-refractivity contribution in [1.29, 1.82) is 0 Å². The summed E-state index contributed by atoms with van der Waals surface area (Å²) in [5, 5.41) is 9.82. The van der Waals surface area contributed by atoms with Crippen LogP contribution in [0.4, 0.5) is 0 Å². The van der Waals surface area contributed by atoms with Crippen molar-refractivity contribution < 1.29 is 14.3 Å². The maximum atomic E-state index is 9.59. The van der Waals surface area contributed by atoms with Crippen LogP contribution in [0.3, 0.4) is 0 Å². The van der Waals surface area contributed by atoms with Gasteiger partial charge in [0, 0.05) is 5.56 Å². The molecule has 0 aliphatic carbocycles. The average molecular weight is 280 g/mol. The maximum Gasteiger partial charge on any atom is 0.192 e. The summed E-state index contributed by atoms with van der Waals surface area (Å²) < 4.78 is 11.4. The van der Waals surface area contributed by atoms with Gasteiger partial charge in [0.25, 0.3) is 0 Å². The summed E-state index contributed by atoms with van der Waals surface area (Å²) >= 11 is 0. The monoisotopic (exact) mass is 280 g/mol. The van der Waals surface area contributed by atoms with Gasteiger partial charge in [-0.3, -0.25) is 0 Å². The first-order valence-corrected chi connectivity index (χ1v) is 9.67. The summed E-state index contributed by atoms with van der Waals surface area (Å²) in [4.78, 5) is 0. The SMILES string of the molecule is CC(C)(C)[Si](C)(C)OCc1ccc2c(c1)COC2O. The standard InChI is InChI=1S/C15H24O3Si/c1-15(2,3)19(4,5)18-9-11-6-7-13-12(8-11)10-17-14(13)16/h6-8,14,16H,9-10H2,1-5H3. The predicted octanol–water partition coefficient (Wildman–Crippen LogP) is 3.73. The molecular formula is C15H24O3Si. The highest BCUT2D eigenvalue weighted by Crippen LogP contribution is 2.37. The fourth-order valence-corrected chi connectivity index (χ4v) is 2.81. The highest BCUT2D eigenvalue weighted by molar-refractivity contribution is 6.74. The van der Waals surface area contributed by atoms with E-state index in [2.05, 4.69) is 39.9 Å². The molecule has 0 aromatic heterocycles. The Balaban J connectivity index is 2.06. The van der Waals surface area contributed by atoms with E-state index in [9.17, 15) is 5.11 Å². The summed E-state index contributed by atoms with van der Waals surface area (Å²) in [6.07, 6.45) is -0.759. The van der Waals surface area contributed by atoms with E-state index in [1.165, 1.54) is 0 Å². The fraction of sp³-hybridized carbons (Fsp3) is 0.600. The van der Waals surface area contributed by atoms with Crippen LogP contribution in [-0.2, 0) is 22.4 Å². The third-order valence-corrected chi connectivity index (χ3v) is 8.75. The number of ether oxygens (including phenoxy) is 1. The number of rotatable bonds is 3. The molecule has 0 radical (unpaired) electrons. The number of hydrogen-bond donors (Lipinski definition) is 1. The molecule has 1 aromatic carbocycles. The Kier molecular flexibility index (Phi) is 3.89. The maximum absolute atomic E-state index is 9.59. The molecule has 1 aliphatic heterocycles. The molecule has 0 saturated carbocycles. The zero-order valence-electron chi connectivity index (χ0n) is 12.5. The molecule has 0 spiro atoms. The van der Waals surface area contributed by atoms with Crippen LogP contribution in [0.2, 0.25) is 18.1 Å². The van der Waals surface area contributed by atoms with Crippen LogP contribution in [0, 0.1) is 0 Å². The lowest BCUT2D eigenvalue weighted by Crippen LogP contribution is -2.40. The Morgan fingerprint density at radius 3 is 2.68 bits per heavy atom. The van der Waals surface area contributed by atoms with Crippen LogP contribution in [-0.4, -0.2) is 13.4 Å². The van der Waals surface area contributed by atoms with Gasteiger partial charge in [-0.2, -0.15) is 0 Å². The lowest BCUT2D eigenvalue weighted by molar-refractivity contribution is -0.0918. The van der Waals surface area contributed by atoms with Crippen LogP contribution in [0.15, 0.2) is 18.2 Å². The number of fused-ring (bicyclic) bond motifs is 1. The van der Waals surface area contributed by atoms with E-state index < -0.39 is 14.6 Å². The van der Waals surface area contributed by atoms with Crippen LogP contribution >= 0.6 is 0 Å². The Morgan fingerprint density at radius 2 is 2.05 bits per heavy atom. The molecular weight excluding hydrogens is 256 g/mol. The minimum atomic E-state index is -1.71. The second-order valence-corrected chi connectivity index (χ2v) is 11.6. The van der Waals surface area contributed by atoms with Crippen LogP contribution < -0.4 is 0 Å². The van der Waals surface area contributed by atoms with Gasteiger partial charge < -0.3 is 14.3 Å².